The maximum Gasteiger partial charge on any atom is 0.502 e. The van der Waals surface area contributed by atoms with Crippen LogP contribution >= 0.6 is 11.8 Å². The molecule has 4 heterocycles. The van der Waals surface area contributed by atoms with Crippen LogP contribution in [0.4, 0.5) is 4.79 Å². The summed E-state index contributed by atoms with van der Waals surface area (Å²) >= 11 is 1.22. The summed E-state index contributed by atoms with van der Waals surface area (Å²) in [5, 5.41) is 10.5. The van der Waals surface area contributed by atoms with Crippen molar-refractivity contribution in [2.24, 2.45) is 11.8 Å². The minimum Gasteiger partial charge on any atom is -0.496 e. The first-order valence-electron chi connectivity index (χ1n) is 15.1. The summed E-state index contributed by atoms with van der Waals surface area (Å²) in [6, 6.07) is 6.65. The third-order valence-corrected chi connectivity index (χ3v) is 10.3. The van der Waals surface area contributed by atoms with Crippen LogP contribution in [0, 0.1) is 11.8 Å². The molecule has 0 radical (unpaired) electrons. The number of nitrogens with zero attached hydrogens (tertiary/aromatic N) is 4. The van der Waals surface area contributed by atoms with Crippen molar-refractivity contribution in [2.75, 3.05) is 26.7 Å². The number of hydrogen-bond acceptors (Lipinski definition) is 9. The molecule has 2 atom stereocenters. The fourth-order valence-corrected chi connectivity index (χ4v) is 7.51. The van der Waals surface area contributed by atoms with Gasteiger partial charge in [-0.1, -0.05) is 18.2 Å². The molecule has 4 aliphatic rings. The lowest BCUT2D eigenvalue weighted by molar-refractivity contribution is -0.455. The predicted molar refractivity (Wildman–Crippen MR) is 163 cm³/mol. The number of carboxylic acid groups (broad SMARTS) is 1. The lowest BCUT2D eigenvalue weighted by Crippen LogP contribution is -2.63. The van der Waals surface area contributed by atoms with Gasteiger partial charge in [0.05, 0.1) is 24.3 Å². The van der Waals surface area contributed by atoms with E-state index in [0.717, 1.165) is 17.7 Å². The number of carboxylic acids is 1. The molecule has 0 bridgehead atoms. The van der Waals surface area contributed by atoms with Crippen LogP contribution < -0.4 is 4.74 Å². The van der Waals surface area contributed by atoms with Gasteiger partial charge >= 0.3 is 17.9 Å². The zero-order valence-corrected chi connectivity index (χ0v) is 26.5. The van der Waals surface area contributed by atoms with Crippen molar-refractivity contribution in [1.82, 2.24) is 14.8 Å². The Hall–Kier alpha value is -3.97. The number of piperidine rings is 1. The second-order valence-electron chi connectivity index (χ2n) is 12.3. The zero-order chi connectivity index (χ0) is 32.0. The largest absolute Gasteiger partial charge is 0.502 e. The van der Waals surface area contributed by atoms with E-state index in [1.165, 1.54) is 42.6 Å². The van der Waals surface area contributed by atoms with E-state index in [4.69, 9.17) is 13.9 Å². The Kier molecular flexibility index (Phi) is 8.33. The van der Waals surface area contributed by atoms with Crippen molar-refractivity contribution < 1.29 is 42.8 Å². The first kappa shape index (κ1) is 31.0. The van der Waals surface area contributed by atoms with E-state index < -0.39 is 35.5 Å². The van der Waals surface area contributed by atoms with E-state index in [9.17, 15) is 24.3 Å². The van der Waals surface area contributed by atoms with Gasteiger partial charge in [0, 0.05) is 24.6 Å². The van der Waals surface area contributed by atoms with Crippen LogP contribution in [-0.4, -0.2) is 91.7 Å². The molecule has 0 spiro atoms. The van der Waals surface area contributed by atoms with Crippen LogP contribution in [0.3, 0.4) is 0 Å². The fourth-order valence-electron chi connectivity index (χ4n) is 6.17. The summed E-state index contributed by atoms with van der Waals surface area (Å²) in [5.74, 6) is -1.57. The molecule has 2 unspecified atom stereocenters. The van der Waals surface area contributed by atoms with Crippen LogP contribution in [0.2, 0.25) is 0 Å². The molecule has 13 heteroatoms. The average molecular weight is 638 g/mol. The van der Waals surface area contributed by atoms with E-state index >= 15 is 0 Å². The summed E-state index contributed by atoms with van der Waals surface area (Å²) < 4.78 is 19.4. The topological polar surface area (TPSA) is 142 Å². The van der Waals surface area contributed by atoms with Crippen molar-refractivity contribution in [3.05, 3.63) is 53.8 Å². The molecule has 1 aliphatic carbocycles. The molecular formula is C32H37N4O8S+. The van der Waals surface area contributed by atoms with Gasteiger partial charge in [-0.3, -0.25) is 4.79 Å². The lowest BCUT2D eigenvalue weighted by atomic mass is 9.93. The van der Waals surface area contributed by atoms with E-state index in [0.29, 0.717) is 58.7 Å². The molecule has 2 fully saturated rings. The number of imide groups is 1. The summed E-state index contributed by atoms with van der Waals surface area (Å²) in [6.07, 6.45) is 5.23. The van der Waals surface area contributed by atoms with Crippen LogP contribution in [0.25, 0.3) is 4.91 Å². The molecule has 4 amide bonds. The predicted octanol–water partition coefficient (Wildman–Crippen LogP) is 4.17. The van der Waals surface area contributed by atoms with Crippen molar-refractivity contribution in [3.63, 3.8) is 0 Å². The number of carbonyl (C=O) groups excluding carboxylic acids is 3. The summed E-state index contributed by atoms with van der Waals surface area (Å²) in [7, 11) is 1.56. The second-order valence-corrected chi connectivity index (χ2v) is 13.3. The lowest BCUT2D eigenvalue weighted by Gasteiger charge is -2.36. The molecule has 2 aromatic rings. The van der Waals surface area contributed by atoms with Crippen LogP contribution in [-0.2, 0) is 19.1 Å². The summed E-state index contributed by atoms with van der Waals surface area (Å²) in [4.78, 5) is 60.9. The SMILES string of the molecule is COc1ccccc1C(C[N+]1=C2SC(c3ncco3)=C(C)C2C(=O)N(C(C)(C)C(=O)O)C1=O)OC1CCN(C(=O)C2CC2)CC1. The maximum atomic E-state index is 14.3. The van der Waals surface area contributed by atoms with Crippen molar-refractivity contribution in [1.29, 1.82) is 0 Å². The van der Waals surface area contributed by atoms with E-state index in [1.54, 1.807) is 14.0 Å². The van der Waals surface area contributed by atoms with Crippen LogP contribution in [0.1, 0.15) is 64.0 Å². The fraction of sp³-hybridized carbons (Fsp3) is 0.500. The maximum absolute atomic E-state index is 14.3. The number of aliphatic carboxylic acids is 1. The number of hydrogen-bond donors (Lipinski definition) is 1. The number of oxazole rings is 1. The molecule has 12 nitrogen and oxygen atoms in total. The Morgan fingerprint density at radius 2 is 1.89 bits per heavy atom. The molecule has 1 aromatic heterocycles. The number of rotatable bonds is 10. The Morgan fingerprint density at radius 3 is 2.51 bits per heavy atom. The first-order chi connectivity index (χ1) is 21.5. The minimum atomic E-state index is -1.82. The van der Waals surface area contributed by atoms with Crippen molar-refractivity contribution >= 4 is 45.5 Å². The van der Waals surface area contributed by atoms with E-state index in [1.807, 2.05) is 29.2 Å². The van der Waals surface area contributed by atoms with Gasteiger partial charge in [0.2, 0.25) is 17.3 Å². The molecule has 45 heavy (non-hydrogen) atoms. The number of thioether (sulfide) groups is 1. The molecule has 1 saturated carbocycles. The Labute approximate surface area is 265 Å². The Morgan fingerprint density at radius 1 is 1.18 bits per heavy atom. The smallest absolute Gasteiger partial charge is 0.496 e. The van der Waals surface area contributed by atoms with Crippen LogP contribution in [0.15, 0.2) is 46.7 Å². The number of aromatic nitrogens is 1. The highest BCUT2D eigenvalue weighted by Crippen LogP contribution is 2.47. The van der Waals surface area contributed by atoms with Gasteiger partial charge in [-0.05, 0) is 69.9 Å². The normalized spacial score (nSPS) is 21.8. The summed E-state index contributed by atoms with van der Waals surface area (Å²) in [6.45, 7) is 5.63. The standard InChI is InChI=1S/C32H36N4O8S/c1-18-24-28(38)36(32(2,3)30(39)40)31(41)35(29(24)45-25(18)26-33-13-16-43-26)17-23(21-7-5-6-8-22(21)42-4)44-20-11-14-34(15-12-20)27(37)19-9-10-19/h5-8,13,16,19-20,23-24H,9-12,14-15,17H2,1-4H3/p+1. The van der Waals surface area contributed by atoms with Gasteiger partial charge in [-0.25, -0.2) is 14.6 Å². The van der Waals surface area contributed by atoms with Gasteiger partial charge in [-0.15, -0.1) is 4.90 Å². The number of carbonyl (C=O) groups is 4. The highest BCUT2D eigenvalue weighted by atomic mass is 32.2. The van der Waals surface area contributed by atoms with Gasteiger partial charge < -0.3 is 23.9 Å². The van der Waals surface area contributed by atoms with Crippen molar-refractivity contribution in [2.45, 2.75) is 64.2 Å². The first-order valence-corrected chi connectivity index (χ1v) is 16.0. The highest BCUT2D eigenvalue weighted by Gasteiger charge is 2.60. The number of methoxy groups -OCH3 is 1. The summed E-state index contributed by atoms with van der Waals surface area (Å²) in [5.41, 5.74) is -0.493. The number of para-hydroxylation sites is 1. The van der Waals surface area contributed by atoms with Gasteiger partial charge in [0.1, 0.15) is 24.7 Å². The van der Waals surface area contributed by atoms with E-state index in [-0.39, 0.29) is 24.5 Å². The van der Waals surface area contributed by atoms with E-state index in [2.05, 4.69) is 4.98 Å². The number of fused-ring (bicyclic) bond motifs is 1. The quantitative estimate of drug-likeness (QED) is 0.377. The molecular weight excluding hydrogens is 600 g/mol. The van der Waals surface area contributed by atoms with Crippen molar-refractivity contribution in [3.8, 4) is 5.75 Å². The Balaban J connectivity index is 1.38. The zero-order valence-electron chi connectivity index (χ0n) is 25.7. The van der Waals surface area contributed by atoms with Gasteiger partial charge in [-0.2, -0.15) is 9.37 Å². The highest BCUT2D eigenvalue weighted by molar-refractivity contribution is 8.22. The molecule has 238 valence electrons. The minimum absolute atomic E-state index is 0.00905. The molecule has 6 rings (SSSR count). The number of likely N-dealkylation sites (tertiary alicyclic amines) is 1. The number of amides is 4. The monoisotopic (exact) mass is 637 g/mol. The Bertz CT molecular complexity index is 1590. The van der Waals surface area contributed by atoms with Gasteiger partial charge in [0.15, 0.2) is 11.0 Å². The molecule has 1 aromatic carbocycles. The number of ether oxygens (including phenoxy) is 2. The number of urea groups is 1. The number of benzene rings is 1. The third-order valence-electron chi connectivity index (χ3n) is 8.98. The molecule has 1 saturated heterocycles. The second kappa shape index (κ2) is 12.1. The van der Waals surface area contributed by atoms with Gasteiger partial charge in [0.25, 0.3) is 0 Å². The molecule has 3 aliphatic heterocycles. The third kappa shape index (κ3) is 5.67. The molecule has 1 N–H and O–H groups in total. The van der Waals surface area contributed by atoms with Crippen LogP contribution in [0.5, 0.6) is 5.75 Å². The average Bonchev–Trinajstić information content (AvgIpc) is 3.62.